The zero-order valence-electron chi connectivity index (χ0n) is 40.4. The van der Waals surface area contributed by atoms with Gasteiger partial charge in [0.25, 0.3) is 0 Å². The second-order valence-electron chi connectivity index (χ2n) is 20.1. The van der Waals surface area contributed by atoms with Crippen LogP contribution in [-0.4, -0.2) is 10.6 Å². The van der Waals surface area contributed by atoms with Gasteiger partial charge in [-0.1, -0.05) is 218 Å². The molecule has 16 rings (SSSR count). The number of hydrogen-bond donors (Lipinski definition) is 0. The third kappa shape index (κ3) is 5.61. The second-order valence-corrected chi connectivity index (χ2v) is 20.1. The van der Waals surface area contributed by atoms with Crippen LogP contribution in [0.5, 0.6) is 0 Å². The molecule has 0 amide bonds. The number of benzene rings is 11. The van der Waals surface area contributed by atoms with Gasteiger partial charge in [0.1, 0.15) is 11.2 Å². The fourth-order valence-corrected chi connectivity index (χ4v) is 13.6. The van der Waals surface area contributed by atoms with Crippen molar-refractivity contribution in [2.75, 3.05) is 4.90 Å². The van der Waals surface area contributed by atoms with E-state index in [9.17, 15) is 0 Å². The number of rotatable bonds is 6. The maximum atomic E-state index is 6.70. The molecule has 3 aliphatic rings. The Balaban J connectivity index is 0.915. The predicted molar refractivity (Wildman–Crippen MR) is 308 cm³/mol. The topological polar surface area (TPSA) is 21.3 Å². The van der Waals surface area contributed by atoms with Crippen molar-refractivity contribution in [2.24, 2.45) is 0 Å². The number of anilines is 2. The second kappa shape index (κ2) is 15.8. The van der Waals surface area contributed by atoms with Crippen LogP contribution >= 0.6 is 0 Å². The van der Waals surface area contributed by atoms with Gasteiger partial charge in [-0.2, -0.15) is 0 Å². The highest BCUT2D eigenvalue weighted by Crippen LogP contribution is 2.64. The third-order valence-electron chi connectivity index (χ3n) is 16.5. The van der Waals surface area contributed by atoms with Crippen molar-refractivity contribution >= 4 is 71.5 Å². The minimum Gasteiger partial charge on any atom is -0.455 e. The molecule has 74 heavy (non-hydrogen) atoms. The van der Waals surface area contributed by atoms with Crippen molar-refractivity contribution in [3.63, 3.8) is 0 Å². The SMILES string of the molecule is C1=CC(N(c2cccc3c2-c2ccccc2C32c3ccccc3-c3ccccc32)c2ccc(-c3cccc4c3oc3ccccc34)c3ccccc23)CC=C1c1cccc2c1c1ccccc1n2-c1ccccc1. The molecule has 3 heteroatoms. The number of para-hydroxylation sites is 4. The number of nitrogens with zero attached hydrogens (tertiary/aromatic N) is 2. The predicted octanol–water partition coefficient (Wildman–Crippen LogP) is 18.4. The quantitative estimate of drug-likeness (QED) is 0.166. The van der Waals surface area contributed by atoms with Gasteiger partial charge in [0.2, 0.25) is 0 Å². The van der Waals surface area contributed by atoms with E-state index in [1.807, 2.05) is 0 Å². The molecule has 0 saturated heterocycles. The molecule has 0 saturated carbocycles. The molecular formula is C71H46N2O. The van der Waals surface area contributed by atoms with Crippen LogP contribution in [0.25, 0.3) is 99.2 Å². The highest BCUT2D eigenvalue weighted by Gasteiger charge is 2.52. The molecule has 11 aromatic carbocycles. The number of hydrogen-bond acceptors (Lipinski definition) is 2. The monoisotopic (exact) mass is 942 g/mol. The van der Waals surface area contributed by atoms with Crippen LogP contribution in [0.3, 0.4) is 0 Å². The number of allylic oxidation sites excluding steroid dienone is 2. The lowest BCUT2D eigenvalue weighted by Gasteiger charge is -2.36. The molecule has 0 N–H and O–H groups in total. The maximum absolute atomic E-state index is 6.70. The first-order valence-electron chi connectivity index (χ1n) is 25.9. The summed E-state index contributed by atoms with van der Waals surface area (Å²) in [6.07, 6.45) is 8.15. The average molecular weight is 943 g/mol. The summed E-state index contributed by atoms with van der Waals surface area (Å²) in [5.74, 6) is 0. The largest absolute Gasteiger partial charge is 0.455 e. The summed E-state index contributed by atoms with van der Waals surface area (Å²) >= 11 is 0. The molecule has 3 nitrogen and oxygen atoms in total. The van der Waals surface area contributed by atoms with E-state index in [0.717, 1.165) is 45.2 Å². The summed E-state index contributed by atoms with van der Waals surface area (Å²) in [5, 5.41) is 7.17. The average Bonchev–Trinajstić information content (AvgIpc) is 4.21. The molecule has 0 bridgehead atoms. The molecule has 3 aliphatic carbocycles. The Morgan fingerprint density at radius 3 is 1.77 bits per heavy atom. The summed E-state index contributed by atoms with van der Waals surface area (Å²) in [5.41, 5.74) is 22.6. The Bertz CT molecular complexity index is 4500. The highest BCUT2D eigenvalue weighted by molar-refractivity contribution is 6.16. The van der Waals surface area contributed by atoms with E-state index in [1.165, 1.54) is 99.6 Å². The summed E-state index contributed by atoms with van der Waals surface area (Å²) < 4.78 is 9.12. The van der Waals surface area contributed by atoms with Gasteiger partial charge in [0, 0.05) is 55.1 Å². The zero-order chi connectivity index (χ0) is 48.5. The van der Waals surface area contributed by atoms with E-state index in [0.29, 0.717) is 0 Å². The van der Waals surface area contributed by atoms with Gasteiger partial charge < -0.3 is 13.9 Å². The summed E-state index contributed by atoms with van der Waals surface area (Å²) in [4.78, 5) is 2.67. The van der Waals surface area contributed by atoms with Gasteiger partial charge in [-0.15, -0.1) is 0 Å². The Morgan fingerprint density at radius 2 is 0.986 bits per heavy atom. The van der Waals surface area contributed by atoms with E-state index in [-0.39, 0.29) is 6.04 Å². The Labute approximate surface area is 428 Å². The van der Waals surface area contributed by atoms with Crippen LogP contribution in [0.2, 0.25) is 0 Å². The number of fused-ring (bicyclic) bond motifs is 17. The molecule has 0 aliphatic heterocycles. The first kappa shape index (κ1) is 41.2. The lowest BCUT2D eigenvalue weighted by atomic mass is 9.70. The first-order valence-corrected chi connectivity index (χ1v) is 25.9. The van der Waals surface area contributed by atoms with Gasteiger partial charge in [0.15, 0.2) is 0 Å². The summed E-state index contributed by atoms with van der Waals surface area (Å²) in [6.45, 7) is 0. The van der Waals surface area contributed by atoms with Crippen LogP contribution in [-0.2, 0) is 5.41 Å². The molecule has 0 radical (unpaired) electrons. The summed E-state index contributed by atoms with van der Waals surface area (Å²) in [6, 6.07) is 89.6. The first-order chi connectivity index (χ1) is 36.8. The smallest absolute Gasteiger partial charge is 0.143 e. The molecular weight excluding hydrogens is 897 g/mol. The van der Waals surface area contributed by atoms with Crippen LogP contribution in [0.4, 0.5) is 11.4 Å². The van der Waals surface area contributed by atoms with Crippen molar-refractivity contribution in [2.45, 2.75) is 17.9 Å². The lowest BCUT2D eigenvalue weighted by molar-refractivity contribution is 0.670. The van der Waals surface area contributed by atoms with E-state index in [1.54, 1.807) is 0 Å². The standard InChI is InChI=1S/C71H46N2O/c1-2-19-46(20-3-1)72-63-35-14-9-27-58(63)68-48(28-17-36-65(68)72)45-39-41-47(42-40-45)73(64-44-43-50(49-21-4-5-24-53(49)64)55-29-16-30-56-54-25-10-15-38-67(54)74-70(55)56)66-37-18-34-62-69(66)57-26-8-13-33-61(57)71(62)59-31-11-6-22-51(59)52-23-7-12-32-60(52)71/h1-41,43-44,47H,42H2. The minimum atomic E-state index is -0.467. The molecule has 2 heterocycles. The molecule has 1 spiro atoms. The van der Waals surface area contributed by atoms with E-state index in [2.05, 4.69) is 270 Å². The molecule has 346 valence electrons. The molecule has 13 aromatic rings. The van der Waals surface area contributed by atoms with E-state index >= 15 is 0 Å². The highest BCUT2D eigenvalue weighted by atomic mass is 16.3. The van der Waals surface area contributed by atoms with Crippen LogP contribution in [0, 0.1) is 0 Å². The van der Waals surface area contributed by atoms with Crippen molar-refractivity contribution in [1.82, 2.24) is 4.57 Å². The zero-order valence-corrected chi connectivity index (χ0v) is 40.4. The van der Waals surface area contributed by atoms with Gasteiger partial charge in [0.05, 0.1) is 22.5 Å². The van der Waals surface area contributed by atoms with Gasteiger partial charge in [-0.05, 0) is 110 Å². The normalized spacial score (nSPS) is 15.0. The minimum absolute atomic E-state index is 0.0185. The molecule has 2 aromatic heterocycles. The van der Waals surface area contributed by atoms with Crippen LogP contribution in [0.1, 0.15) is 34.2 Å². The van der Waals surface area contributed by atoms with Gasteiger partial charge in [-0.25, -0.2) is 0 Å². The van der Waals surface area contributed by atoms with Crippen LogP contribution in [0.15, 0.2) is 265 Å². The molecule has 0 fully saturated rings. The van der Waals surface area contributed by atoms with Crippen molar-refractivity contribution in [1.29, 1.82) is 0 Å². The Morgan fingerprint density at radius 1 is 0.405 bits per heavy atom. The maximum Gasteiger partial charge on any atom is 0.143 e. The molecule has 1 unspecified atom stereocenters. The fraction of sp³-hybridized carbons (Fsp3) is 0.0423. The Hall–Kier alpha value is -9.44. The Kier molecular flexibility index (Phi) is 8.79. The van der Waals surface area contributed by atoms with Crippen molar-refractivity contribution in [3.05, 3.63) is 289 Å². The lowest BCUT2D eigenvalue weighted by Crippen LogP contribution is -2.31. The van der Waals surface area contributed by atoms with Crippen molar-refractivity contribution < 1.29 is 4.42 Å². The van der Waals surface area contributed by atoms with E-state index in [4.69, 9.17) is 4.42 Å². The molecule has 1 atom stereocenters. The fourth-order valence-electron chi connectivity index (χ4n) is 13.6. The van der Waals surface area contributed by atoms with Crippen LogP contribution < -0.4 is 4.90 Å². The van der Waals surface area contributed by atoms with E-state index < -0.39 is 5.41 Å². The summed E-state index contributed by atoms with van der Waals surface area (Å²) in [7, 11) is 0. The van der Waals surface area contributed by atoms with Gasteiger partial charge >= 0.3 is 0 Å². The number of aromatic nitrogens is 1. The third-order valence-corrected chi connectivity index (χ3v) is 16.5. The number of furan rings is 1. The van der Waals surface area contributed by atoms with Gasteiger partial charge in [-0.3, -0.25) is 0 Å². The van der Waals surface area contributed by atoms with Crippen molar-refractivity contribution in [3.8, 4) is 39.1 Å².